The van der Waals surface area contributed by atoms with Gasteiger partial charge in [-0.25, -0.2) is 4.79 Å². The van der Waals surface area contributed by atoms with Crippen molar-refractivity contribution in [2.24, 2.45) is 5.92 Å². The Balaban J connectivity index is 1.75. The fraction of sp³-hybridized carbons (Fsp3) is 0.333. The number of methoxy groups -OCH3 is 1. The topological polar surface area (TPSA) is 67.4 Å². The highest BCUT2D eigenvalue weighted by molar-refractivity contribution is 6.33. The van der Waals surface area contributed by atoms with E-state index in [2.05, 4.69) is 15.4 Å². The van der Waals surface area contributed by atoms with Gasteiger partial charge in [-0.2, -0.15) is 13.2 Å². The maximum atomic E-state index is 12.8. The number of carbonyl (C=O) groups excluding carboxylic acids is 2. The molecule has 5 nitrogen and oxygen atoms in total. The molecule has 0 amide bonds. The Hall–Kier alpha value is -2.74. The van der Waals surface area contributed by atoms with Crippen LogP contribution in [0.2, 0.25) is 5.02 Å². The van der Waals surface area contributed by atoms with Gasteiger partial charge in [0.2, 0.25) is 5.78 Å². The van der Waals surface area contributed by atoms with E-state index in [1.54, 1.807) is 36.4 Å². The molecule has 2 aromatic rings. The summed E-state index contributed by atoms with van der Waals surface area (Å²) < 4.78 is 43.1. The molecule has 3 rings (SSSR count). The predicted octanol–water partition coefficient (Wildman–Crippen LogP) is 4.84. The van der Waals surface area contributed by atoms with Crippen LogP contribution in [-0.4, -0.2) is 31.6 Å². The average molecular weight is 441 g/mol. The van der Waals surface area contributed by atoms with Crippen molar-refractivity contribution in [1.29, 1.82) is 0 Å². The van der Waals surface area contributed by atoms with Gasteiger partial charge in [-0.05, 0) is 48.2 Å². The first kappa shape index (κ1) is 22.0. The lowest BCUT2D eigenvalue weighted by Crippen LogP contribution is -2.34. The highest BCUT2D eigenvalue weighted by Crippen LogP contribution is 2.37. The Bertz CT molecular complexity index is 946. The molecule has 2 N–H and O–H groups in total. The maximum absolute atomic E-state index is 12.8. The number of ketones is 1. The summed E-state index contributed by atoms with van der Waals surface area (Å²) in [5.74, 6) is -3.29. The van der Waals surface area contributed by atoms with E-state index in [0.29, 0.717) is 28.5 Å². The van der Waals surface area contributed by atoms with Crippen LogP contribution in [0.1, 0.15) is 27.9 Å². The number of hydrogen-bond acceptors (Lipinski definition) is 5. The summed E-state index contributed by atoms with van der Waals surface area (Å²) in [5.41, 5.74) is 3.31. The lowest BCUT2D eigenvalue weighted by molar-refractivity contribution is -0.175. The molecule has 1 unspecified atom stereocenters. The zero-order valence-corrected chi connectivity index (χ0v) is 16.9. The Morgan fingerprint density at radius 2 is 1.90 bits per heavy atom. The Morgan fingerprint density at radius 1 is 1.20 bits per heavy atom. The minimum atomic E-state index is -4.85. The van der Waals surface area contributed by atoms with Crippen LogP contribution < -0.4 is 10.6 Å². The normalized spacial score (nSPS) is 16.1. The lowest BCUT2D eigenvalue weighted by atomic mass is 9.96. The number of fused-ring (bicyclic) bond motifs is 1. The van der Waals surface area contributed by atoms with Crippen LogP contribution in [0.4, 0.5) is 24.5 Å². The minimum Gasteiger partial charge on any atom is -0.465 e. The third-order valence-corrected chi connectivity index (χ3v) is 5.35. The Kier molecular flexibility index (Phi) is 6.55. The quantitative estimate of drug-likeness (QED) is 0.651. The van der Waals surface area contributed by atoms with E-state index in [9.17, 15) is 22.8 Å². The molecule has 0 spiro atoms. The third kappa shape index (κ3) is 4.87. The molecule has 0 bridgehead atoms. The van der Waals surface area contributed by atoms with Crippen molar-refractivity contribution >= 4 is 34.7 Å². The zero-order valence-electron chi connectivity index (χ0n) is 16.1. The van der Waals surface area contributed by atoms with Gasteiger partial charge in [0.25, 0.3) is 0 Å². The van der Waals surface area contributed by atoms with Crippen molar-refractivity contribution < 1.29 is 27.5 Å². The van der Waals surface area contributed by atoms with E-state index < -0.39 is 23.8 Å². The second-order valence-electron chi connectivity index (χ2n) is 6.97. The van der Waals surface area contributed by atoms with E-state index >= 15 is 0 Å². The number of halogens is 4. The number of rotatable bonds is 5. The van der Waals surface area contributed by atoms with Gasteiger partial charge in [0.15, 0.2) is 0 Å². The molecule has 0 aromatic heterocycles. The molecule has 1 heterocycles. The highest BCUT2D eigenvalue weighted by atomic mass is 35.5. The van der Waals surface area contributed by atoms with Crippen LogP contribution in [0.15, 0.2) is 36.4 Å². The SMILES string of the molecule is COC(=O)c1ccc(CNc2c(Cl)ccc3c2CCC(C(=O)C(F)(F)F)CN3)cc1. The number of esters is 1. The van der Waals surface area contributed by atoms with Gasteiger partial charge in [-0.15, -0.1) is 0 Å². The summed E-state index contributed by atoms with van der Waals surface area (Å²) in [6.07, 6.45) is -4.50. The largest absolute Gasteiger partial charge is 0.465 e. The van der Waals surface area contributed by atoms with Gasteiger partial charge in [-0.3, -0.25) is 4.79 Å². The van der Waals surface area contributed by atoms with Crippen molar-refractivity contribution in [2.75, 3.05) is 24.3 Å². The molecule has 0 aliphatic carbocycles. The molecule has 1 aliphatic rings. The van der Waals surface area contributed by atoms with Gasteiger partial charge in [-0.1, -0.05) is 23.7 Å². The highest BCUT2D eigenvalue weighted by Gasteiger charge is 2.43. The fourth-order valence-corrected chi connectivity index (χ4v) is 3.66. The smallest absolute Gasteiger partial charge is 0.450 e. The van der Waals surface area contributed by atoms with Crippen LogP contribution >= 0.6 is 11.6 Å². The Morgan fingerprint density at radius 3 is 2.53 bits per heavy atom. The average Bonchev–Trinajstić information content (AvgIpc) is 2.94. The van der Waals surface area contributed by atoms with Gasteiger partial charge in [0, 0.05) is 24.7 Å². The first-order valence-electron chi connectivity index (χ1n) is 9.28. The monoisotopic (exact) mass is 440 g/mol. The molecule has 160 valence electrons. The first-order chi connectivity index (χ1) is 14.2. The van der Waals surface area contributed by atoms with Gasteiger partial charge in [0.1, 0.15) is 0 Å². The van der Waals surface area contributed by atoms with Crippen LogP contribution in [0.3, 0.4) is 0 Å². The summed E-state index contributed by atoms with van der Waals surface area (Å²) in [7, 11) is 1.31. The number of anilines is 2. The van der Waals surface area contributed by atoms with Crippen molar-refractivity contribution in [2.45, 2.75) is 25.6 Å². The standard InChI is InChI=1S/C21H20ClF3N2O3/c1-30-20(29)13-4-2-12(3-5-13)10-27-18-15-7-6-14(19(28)21(23,24)25)11-26-17(15)9-8-16(18)22/h2-5,8-9,14,26-27H,6-7,10-11H2,1H3. The fourth-order valence-electron chi connectivity index (χ4n) is 3.41. The lowest BCUT2D eigenvalue weighted by Gasteiger charge is -2.17. The zero-order chi connectivity index (χ0) is 21.9. The van der Waals surface area contributed by atoms with Gasteiger partial charge in [0.05, 0.1) is 23.4 Å². The van der Waals surface area contributed by atoms with Crippen LogP contribution in [0.25, 0.3) is 0 Å². The minimum absolute atomic E-state index is 0.0706. The summed E-state index contributed by atoms with van der Waals surface area (Å²) in [6, 6.07) is 10.2. The second kappa shape index (κ2) is 8.95. The van der Waals surface area contributed by atoms with Crippen LogP contribution in [-0.2, 0) is 22.5 Å². The molecule has 0 radical (unpaired) electrons. The molecule has 0 saturated heterocycles. The molecule has 0 saturated carbocycles. The van der Waals surface area contributed by atoms with Crippen molar-refractivity contribution in [3.8, 4) is 0 Å². The van der Waals surface area contributed by atoms with Gasteiger partial charge < -0.3 is 15.4 Å². The molecular formula is C21H20ClF3N2O3. The maximum Gasteiger partial charge on any atom is 0.450 e. The number of benzene rings is 2. The molecule has 2 aromatic carbocycles. The number of carbonyl (C=O) groups is 2. The van der Waals surface area contributed by atoms with E-state index in [0.717, 1.165) is 11.1 Å². The van der Waals surface area contributed by atoms with E-state index in [1.807, 2.05) is 0 Å². The summed E-state index contributed by atoms with van der Waals surface area (Å²) >= 11 is 6.34. The van der Waals surface area contributed by atoms with E-state index in [-0.39, 0.29) is 19.4 Å². The summed E-state index contributed by atoms with van der Waals surface area (Å²) in [6.45, 7) is 0.309. The van der Waals surface area contributed by atoms with E-state index in [4.69, 9.17) is 11.6 Å². The molecule has 1 aliphatic heterocycles. The van der Waals surface area contributed by atoms with Gasteiger partial charge >= 0.3 is 12.1 Å². The van der Waals surface area contributed by atoms with Crippen molar-refractivity contribution in [1.82, 2.24) is 0 Å². The number of Topliss-reactive ketones (excluding diaryl/α,β-unsaturated/α-hetero) is 1. The second-order valence-corrected chi connectivity index (χ2v) is 7.38. The molecule has 9 heteroatoms. The van der Waals surface area contributed by atoms with Crippen molar-refractivity contribution in [3.05, 3.63) is 58.1 Å². The first-order valence-corrected chi connectivity index (χ1v) is 9.66. The summed E-state index contributed by atoms with van der Waals surface area (Å²) in [5, 5.41) is 6.61. The van der Waals surface area contributed by atoms with Crippen molar-refractivity contribution in [3.63, 3.8) is 0 Å². The number of alkyl halides is 3. The molecule has 1 atom stereocenters. The molecular weight excluding hydrogens is 421 g/mol. The molecule has 0 fully saturated rings. The van der Waals surface area contributed by atoms with Crippen LogP contribution in [0.5, 0.6) is 0 Å². The third-order valence-electron chi connectivity index (χ3n) is 5.04. The number of ether oxygens (including phenoxy) is 1. The number of nitrogens with one attached hydrogen (secondary N) is 2. The predicted molar refractivity (Wildman–Crippen MR) is 108 cm³/mol. The van der Waals surface area contributed by atoms with Crippen LogP contribution in [0, 0.1) is 5.92 Å². The Labute approximate surface area is 176 Å². The summed E-state index contributed by atoms with van der Waals surface area (Å²) in [4.78, 5) is 23.2. The van der Waals surface area contributed by atoms with E-state index in [1.165, 1.54) is 7.11 Å². The number of hydrogen-bond donors (Lipinski definition) is 2. The molecule has 30 heavy (non-hydrogen) atoms.